The summed E-state index contributed by atoms with van der Waals surface area (Å²) in [5.74, 6) is 0.757. The van der Waals surface area contributed by atoms with E-state index >= 15 is 0 Å². The van der Waals surface area contributed by atoms with Crippen LogP contribution >= 0.6 is 24.2 Å². The predicted octanol–water partition coefficient (Wildman–Crippen LogP) is 2.36. The Bertz CT molecular complexity index is 493. The molecule has 0 radical (unpaired) electrons. The summed E-state index contributed by atoms with van der Waals surface area (Å²) in [6.45, 7) is 5.17. The van der Waals surface area contributed by atoms with Crippen molar-refractivity contribution in [1.82, 2.24) is 10.2 Å². The van der Waals surface area contributed by atoms with Crippen molar-refractivity contribution in [2.45, 2.75) is 36.9 Å². The second-order valence-electron chi connectivity index (χ2n) is 5.87. The third kappa shape index (κ3) is 4.77. The first-order valence-corrected chi connectivity index (χ1v) is 8.53. The van der Waals surface area contributed by atoms with Gasteiger partial charge in [-0.05, 0) is 38.4 Å². The van der Waals surface area contributed by atoms with E-state index in [1.165, 1.54) is 0 Å². The average molecular weight is 345 g/mol. The number of halogens is 1. The standard InChI is InChI=1S/C16H25ClN2O2S/c1-11-3-4-14(16(22)15(11)17)21-13-5-7-19(8-6-13)10-12(20)9-18-2/h3-4,12-13,18,20,22H,5-10H2,1-2H3. The van der Waals surface area contributed by atoms with Crippen LogP contribution in [0.2, 0.25) is 5.02 Å². The summed E-state index contributed by atoms with van der Waals surface area (Å²) < 4.78 is 6.06. The molecule has 1 fully saturated rings. The minimum Gasteiger partial charge on any atom is -0.489 e. The molecule has 1 unspecified atom stereocenters. The molecule has 6 heteroatoms. The Labute approximate surface area is 143 Å². The molecular formula is C16H25ClN2O2S. The summed E-state index contributed by atoms with van der Waals surface area (Å²) in [6, 6.07) is 3.90. The van der Waals surface area contributed by atoms with Gasteiger partial charge in [-0.25, -0.2) is 0 Å². The minimum atomic E-state index is -0.317. The van der Waals surface area contributed by atoms with Crippen LogP contribution in [0, 0.1) is 6.92 Å². The summed E-state index contributed by atoms with van der Waals surface area (Å²) in [6.07, 6.45) is 1.76. The quantitative estimate of drug-likeness (QED) is 0.693. The zero-order valence-electron chi connectivity index (χ0n) is 13.2. The molecule has 2 N–H and O–H groups in total. The molecule has 124 valence electrons. The molecule has 4 nitrogen and oxygen atoms in total. The van der Waals surface area contributed by atoms with Gasteiger partial charge in [0, 0.05) is 26.2 Å². The van der Waals surface area contributed by atoms with Crippen molar-refractivity contribution in [3.8, 4) is 5.75 Å². The molecule has 0 aromatic heterocycles. The van der Waals surface area contributed by atoms with Crippen LogP contribution in [-0.2, 0) is 0 Å². The monoisotopic (exact) mass is 344 g/mol. The maximum absolute atomic E-state index is 9.84. The van der Waals surface area contributed by atoms with Gasteiger partial charge in [-0.15, -0.1) is 12.6 Å². The molecule has 22 heavy (non-hydrogen) atoms. The summed E-state index contributed by atoms with van der Waals surface area (Å²) >= 11 is 10.7. The summed E-state index contributed by atoms with van der Waals surface area (Å²) in [4.78, 5) is 3.00. The summed E-state index contributed by atoms with van der Waals surface area (Å²) in [5, 5.41) is 13.5. The van der Waals surface area contributed by atoms with Crippen molar-refractivity contribution in [1.29, 1.82) is 0 Å². The van der Waals surface area contributed by atoms with Crippen molar-refractivity contribution in [3.05, 3.63) is 22.7 Å². The van der Waals surface area contributed by atoms with E-state index in [1.807, 2.05) is 26.1 Å². The Morgan fingerprint density at radius 2 is 2.14 bits per heavy atom. The number of benzene rings is 1. The van der Waals surface area contributed by atoms with Crippen LogP contribution in [-0.4, -0.2) is 55.4 Å². The topological polar surface area (TPSA) is 44.7 Å². The number of nitrogens with one attached hydrogen (secondary N) is 1. The molecular weight excluding hydrogens is 320 g/mol. The van der Waals surface area contributed by atoms with Crippen LogP contribution in [0.4, 0.5) is 0 Å². The molecule has 0 saturated carbocycles. The summed E-state index contributed by atoms with van der Waals surface area (Å²) in [7, 11) is 1.85. The Morgan fingerprint density at radius 1 is 1.45 bits per heavy atom. The number of β-amino-alcohol motifs (C(OH)–C–C–N with tert-alkyl or cyclic N) is 1. The summed E-state index contributed by atoms with van der Waals surface area (Å²) in [5.41, 5.74) is 1.01. The van der Waals surface area contributed by atoms with E-state index in [4.69, 9.17) is 16.3 Å². The van der Waals surface area contributed by atoms with Crippen molar-refractivity contribution >= 4 is 24.2 Å². The Hall–Kier alpha value is -0.460. The third-order valence-electron chi connectivity index (χ3n) is 4.01. The highest BCUT2D eigenvalue weighted by atomic mass is 35.5. The SMILES string of the molecule is CNCC(O)CN1CCC(Oc2ccc(C)c(Cl)c2S)CC1. The molecule has 0 spiro atoms. The van der Waals surface area contributed by atoms with E-state index in [0.717, 1.165) is 37.2 Å². The largest absolute Gasteiger partial charge is 0.489 e. The van der Waals surface area contributed by atoms with Gasteiger partial charge in [0.25, 0.3) is 0 Å². The number of likely N-dealkylation sites (N-methyl/N-ethyl adjacent to an activating group) is 1. The van der Waals surface area contributed by atoms with E-state index in [2.05, 4.69) is 22.8 Å². The number of hydrogen-bond acceptors (Lipinski definition) is 5. The highest BCUT2D eigenvalue weighted by molar-refractivity contribution is 7.80. The fraction of sp³-hybridized carbons (Fsp3) is 0.625. The lowest BCUT2D eigenvalue weighted by atomic mass is 10.1. The molecule has 0 amide bonds. The fourth-order valence-electron chi connectivity index (χ4n) is 2.73. The fourth-order valence-corrected chi connectivity index (χ4v) is 3.19. The minimum absolute atomic E-state index is 0.183. The molecule has 1 aliphatic rings. The zero-order chi connectivity index (χ0) is 16.1. The van der Waals surface area contributed by atoms with Gasteiger partial charge in [0.2, 0.25) is 0 Å². The third-order valence-corrected chi connectivity index (χ3v) is 5.07. The Kier molecular flexibility index (Phi) is 6.84. The molecule has 2 rings (SSSR count). The molecule has 0 aliphatic carbocycles. The zero-order valence-corrected chi connectivity index (χ0v) is 14.8. The Balaban J connectivity index is 1.84. The highest BCUT2D eigenvalue weighted by Gasteiger charge is 2.23. The second kappa shape index (κ2) is 8.41. The smallest absolute Gasteiger partial charge is 0.134 e. The van der Waals surface area contributed by atoms with Gasteiger partial charge in [-0.3, -0.25) is 0 Å². The van der Waals surface area contributed by atoms with Crippen molar-refractivity contribution in [3.63, 3.8) is 0 Å². The molecule has 1 aromatic carbocycles. The number of hydrogen-bond donors (Lipinski definition) is 3. The molecule has 1 heterocycles. The number of ether oxygens (including phenoxy) is 1. The maximum atomic E-state index is 9.84. The molecule has 0 bridgehead atoms. The number of aliphatic hydroxyl groups excluding tert-OH is 1. The number of aliphatic hydroxyl groups is 1. The van der Waals surface area contributed by atoms with Gasteiger partial charge in [-0.2, -0.15) is 0 Å². The van der Waals surface area contributed by atoms with Gasteiger partial charge in [-0.1, -0.05) is 17.7 Å². The normalized spacial score (nSPS) is 18.4. The number of thiol groups is 1. The molecule has 1 aromatic rings. The van der Waals surface area contributed by atoms with E-state index in [9.17, 15) is 5.11 Å². The predicted molar refractivity (Wildman–Crippen MR) is 93.5 cm³/mol. The van der Waals surface area contributed by atoms with Crippen LogP contribution in [0.1, 0.15) is 18.4 Å². The first-order chi connectivity index (χ1) is 10.5. The molecule has 1 aliphatic heterocycles. The van der Waals surface area contributed by atoms with Crippen LogP contribution in [0.5, 0.6) is 5.75 Å². The highest BCUT2D eigenvalue weighted by Crippen LogP contribution is 2.34. The number of piperidine rings is 1. The van der Waals surface area contributed by atoms with E-state index < -0.39 is 0 Å². The van der Waals surface area contributed by atoms with Crippen molar-refractivity contribution < 1.29 is 9.84 Å². The van der Waals surface area contributed by atoms with E-state index in [0.29, 0.717) is 23.0 Å². The van der Waals surface area contributed by atoms with Gasteiger partial charge in [0.15, 0.2) is 0 Å². The number of nitrogens with zero attached hydrogens (tertiary/aromatic N) is 1. The molecule has 1 atom stereocenters. The van der Waals surface area contributed by atoms with Crippen molar-refractivity contribution in [2.24, 2.45) is 0 Å². The van der Waals surface area contributed by atoms with Gasteiger partial charge in [0.05, 0.1) is 16.0 Å². The first kappa shape index (κ1) is 17.9. The van der Waals surface area contributed by atoms with Crippen molar-refractivity contribution in [2.75, 3.05) is 33.2 Å². The van der Waals surface area contributed by atoms with Gasteiger partial charge < -0.3 is 20.1 Å². The van der Waals surface area contributed by atoms with Gasteiger partial charge >= 0.3 is 0 Å². The lowest BCUT2D eigenvalue weighted by Crippen LogP contribution is -2.43. The lowest BCUT2D eigenvalue weighted by molar-refractivity contribution is 0.0608. The van der Waals surface area contributed by atoms with Gasteiger partial charge in [0.1, 0.15) is 11.9 Å². The Morgan fingerprint density at radius 3 is 2.77 bits per heavy atom. The van der Waals surface area contributed by atoms with Crippen LogP contribution in [0.25, 0.3) is 0 Å². The van der Waals surface area contributed by atoms with Crippen LogP contribution in [0.3, 0.4) is 0 Å². The van der Waals surface area contributed by atoms with E-state index in [-0.39, 0.29) is 12.2 Å². The number of likely N-dealkylation sites (tertiary alicyclic amines) is 1. The number of aryl methyl sites for hydroxylation is 1. The van der Waals surface area contributed by atoms with Crippen LogP contribution < -0.4 is 10.1 Å². The lowest BCUT2D eigenvalue weighted by Gasteiger charge is -2.33. The first-order valence-electron chi connectivity index (χ1n) is 7.71. The van der Waals surface area contributed by atoms with E-state index in [1.54, 1.807) is 0 Å². The average Bonchev–Trinajstić information content (AvgIpc) is 2.50. The maximum Gasteiger partial charge on any atom is 0.134 e. The second-order valence-corrected chi connectivity index (χ2v) is 6.70. The molecule has 1 saturated heterocycles. The number of rotatable bonds is 6. The van der Waals surface area contributed by atoms with Crippen LogP contribution in [0.15, 0.2) is 17.0 Å².